The molecule has 0 spiro atoms. The fraction of sp³-hybridized carbons (Fsp3) is 0.375. The molecule has 1 aromatic heterocycles. The monoisotopic (exact) mass is 410 g/mol. The number of amides is 1. The first-order chi connectivity index (χ1) is 14.2. The molecule has 0 aliphatic carbocycles. The molecular weight excluding hydrogens is 380 g/mol. The number of nitrogens with one attached hydrogen (secondary N) is 1. The van der Waals surface area contributed by atoms with E-state index in [4.69, 9.17) is 9.47 Å². The fourth-order valence-corrected chi connectivity index (χ4v) is 2.89. The lowest BCUT2D eigenvalue weighted by Gasteiger charge is -2.22. The van der Waals surface area contributed by atoms with Crippen molar-refractivity contribution in [1.29, 1.82) is 0 Å². The van der Waals surface area contributed by atoms with Crippen LogP contribution in [0, 0.1) is 0 Å². The zero-order valence-corrected chi connectivity index (χ0v) is 18.3. The Morgan fingerprint density at radius 2 is 1.83 bits per heavy atom. The predicted octanol–water partition coefficient (Wildman–Crippen LogP) is 4.70. The summed E-state index contributed by atoms with van der Waals surface area (Å²) in [5.41, 5.74) is 2.89. The van der Waals surface area contributed by atoms with Gasteiger partial charge in [-0.25, -0.2) is 9.59 Å². The molecule has 6 heteroatoms. The fourth-order valence-electron chi connectivity index (χ4n) is 2.89. The van der Waals surface area contributed by atoms with Gasteiger partial charge in [0.25, 0.3) is 0 Å². The van der Waals surface area contributed by atoms with E-state index < -0.39 is 11.7 Å². The molecule has 160 valence electrons. The van der Waals surface area contributed by atoms with Crippen LogP contribution >= 0.6 is 0 Å². The summed E-state index contributed by atoms with van der Waals surface area (Å²) in [5.74, 6) is -0.410. The van der Waals surface area contributed by atoms with E-state index >= 15 is 0 Å². The van der Waals surface area contributed by atoms with Crippen LogP contribution in [0.15, 0.2) is 54.4 Å². The third kappa shape index (κ3) is 7.35. The van der Waals surface area contributed by atoms with E-state index in [9.17, 15) is 9.59 Å². The molecular formula is C24H30N2O4. The highest BCUT2D eigenvalue weighted by Gasteiger charge is 2.19. The number of carbonyl (C=O) groups excluding carboxylic acids is 2. The summed E-state index contributed by atoms with van der Waals surface area (Å²) in [6.45, 7) is 9.72. The van der Waals surface area contributed by atoms with Crippen molar-refractivity contribution in [3.8, 4) is 0 Å². The minimum Gasteiger partial charge on any atom is -0.463 e. The van der Waals surface area contributed by atoms with Crippen molar-refractivity contribution in [3.05, 3.63) is 71.1 Å². The molecule has 2 rings (SSSR count). The number of aromatic nitrogens is 1. The predicted molar refractivity (Wildman–Crippen MR) is 117 cm³/mol. The van der Waals surface area contributed by atoms with Crippen LogP contribution in [-0.2, 0) is 14.3 Å². The summed E-state index contributed by atoms with van der Waals surface area (Å²) in [6, 6.07) is 11.7. The molecule has 0 aliphatic rings. The Labute approximate surface area is 178 Å². The van der Waals surface area contributed by atoms with E-state index in [2.05, 4.69) is 10.3 Å². The highest BCUT2D eigenvalue weighted by atomic mass is 16.6. The number of rotatable bonds is 7. The van der Waals surface area contributed by atoms with Crippen molar-refractivity contribution in [3.63, 3.8) is 0 Å². The van der Waals surface area contributed by atoms with Crippen LogP contribution in [0.1, 0.15) is 57.2 Å². The average molecular weight is 411 g/mol. The van der Waals surface area contributed by atoms with Gasteiger partial charge in [0.15, 0.2) is 0 Å². The Kier molecular flexibility index (Phi) is 8.16. The van der Waals surface area contributed by atoms with Crippen LogP contribution < -0.4 is 5.32 Å². The quantitative estimate of drug-likeness (QED) is 0.529. The summed E-state index contributed by atoms with van der Waals surface area (Å²) in [4.78, 5) is 28.1. The number of pyridine rings is 1. The number of hydrogen-bond acceptors (Lipinski definition) is 5. The SMILES string of the molecule is CCOC(=O)C(C)=Cc1ccc(C(CNC(=O)OC(C)(C)C)c2cccnc2)cc1. The zero-order valence-electron chi connectivity index (χ0n) is 18.3. The van der Waals surface area contributed by atoms with E-state index in [-0.39, 0.29) is 11.9 Å². The first-order valence-corrected chi connectivity index (χ1v) is 10.0. The standard InChI is InChI=1S/C24H30N2O4/c1-6-29-22(27)17(2)14-18-9-11-19(12-10-18)21(20-8-7-13-25-15-20)16-26-23(28)30-24(3,4)5/h7-15,21H,6,16H2,1-5H3,(H,26,28). The van der Waals surface area contributed by atoms with Gasteiger partial charge >= 0.3 is 12.1 Å². The van der Waals surface area contributed by atoms with Crippen LogP contribution in [0.4, 0.5) is 4.79 Å². The van der Waals surface area contributed by atoms with E-state index in [1.807, 2.05) is 57.2 Å². The molecule has 6 nitrogen and oxygen atoms in total. The van der Waals surface area contributed by atoms with Gasteiger partial charge < -0.3 is 14.8 Å². The summed E-state index contributed by atoms with van der Waals surface area (Å²) < 4.78 is 10.4. The second-order valence-electron chi connectivity index (χ2n) is 7.94. The Morgan fingerprint density at radius 3 is 2.40 bits per heavy atom. The molecule has 2 aromatic rings. The van der Waals surface area contributed by atoms with Gasteiger partial charge in [-0.05, 0) is 63.5 Å². The van der Waals surface area contributed by atoms with Crippen LogP contribution in [0.3, 0.4) is 0 Å². The Bertz CT molecular complexity index is 868. The Balaban J connectivity index is 2.19. The number of ether oxygens (including phenoxy) is 2. The summed E-state index contributed by atoms with van der Waals surface area (Å²) in [7, 11) is 0. The second-order valence-corrected chi connectivity index (χ2v) is 7.94. The van der Waals surface area contributed by atoms with Crippen molar-refractivity contribution in [2.45, 2.75) is 46.1 Å². The lowest BCUT2D eigenvalue weighted by Crippen LogP contribution is -2.35. The molecule has 1 unspecified atom stereocenters. The third-order valence-electron chi connectivity index (χ3n) is 4.26. The molecule has 0 fully saturated rings. The summed E-state index contributed by atoms with van der Waals surface area (Å²) in [5, 5.41) is 2.85. The van der Waals surface area contributed by atoms with E-state index in [0.717, 1.165) is 16.7 Å². The van der Waals surface area contributed by atoms with E-state index in [1.165, 1.54) is 0 Å². The van der Waals surface area contributed by atoms with Crippen molar-refractivity contribution in [2.24, 2.45) is 0 Å². The van der Waals surface area contributed by atoms with Crippen molar-refractivity contribution in [1.82, 2.24) is 10.3 Å². The van der Waals surface area contributed by atoms with E-state index in [1.54, 1.807) is 32.3 Å². The van der Waals surface area contributed by atoms with Gasteiger partial charge in [0, 0.05) is 30.4 Å². The molecule has 1 amide bonds. The van der Waals surface area contributed by atoms with Crippen LogP contribution in [0.5, 0.6) is 0 Å². The highest BCUT2D eigenvalue weighted by molar-refractivity contribution is 5.92. The smallest absolute Gasteiger partial charge is 0.407 e. The normalized spacial score (nSPS) is 12.8. The molecule has 0 saturated carbocycles. The highest BCUT2D eigenvalue weighted by Crippen LogP contribution is 2.24. The van der Waals surface area contributed by atoms with Gasteiger partial charge in [-0.3, -0.25) is 4.98 Å². The first kappa shape index (κ1) is 23.1. The maximum atomic E-state index is 12.1. The van der Waals surface area contributed by atoms with Crippen LogP contribution in [0.25, 0.3) is 6.08 Å². The van der Waals surface area contributed by atoms with Crippen molar-refractivity contribution in [2.75, 3.05) is 13.2 Å². The molecule has 1 heterocycles. The van der Waals surface area contributed by atoms with Gasteiger partial charge in [0.1, 0.15) is 5.60 Å². The average Bonchev–Trinajstić information content (AvgIpc) is 2.69. The lowest BCUT2D eigenvalue weighted by molar-refractivity contribution is -0.138. The van der Waals surface area contributed by atoms with Gasteiger partial charge in [-0.1, -0.05) is 30.3 Å². The molecule has 1 aromatic carbocycles. The number of benzene rings is 1. The third-order valence-corrected chi connectivity index (χ3v) is 4.26. The number of alkyl carbamates (subject to hydrolysis) is 1. The van der Waals surface area contributed by atoms with Gasteiger partial charge in [0.2, 0.25) is 0 Å². The maximum absolute atomic E-state index is 12.1. The molecule has 0 radical (unpaired) electrons. The van der Waals surface area contributed by atoms with Crippen molar-refractivity contribution < 1.29 is 19.1 Å². The number of hydrogen-bond donors (Lipinski definition) is 1. The molecule has 0 saturated heterocycles. The van der Waals surface area contributed by atoms with Gasteiger partial charge in [0.05, 0.1) is 6.61 Å². The van der Waals surface area contributed by atoms with Gasteiger partial charge in [-0.15, -0.1) is 0 Å². The molecule has 1 atom stereocenters. The number of esters is 1. The zero-order chi connectivity index (χ0) is 22.1. The molecule has 30 heavy (non-hydrogen) atoms. The lowest BCUT2D eigenvalue weighted by atomic mass is 9.91. The van der Waals surface area contributed by atoms with Crippen LogP contribution in [-0.4, -0.2) is 35.8 Å². The van der Waals surface area contributed by atoms with Gasteiger partial charge in [-0.2, -0.15) is 0 Å². The first-order valence-electron chi connectivity index (χ1n) is 10.0. The molecule has 1 N–H and O–H groups in total. The Morgan fingerprint density at radius 1 is 1.13 bits per heavy atom. The molecule has 0 aliphatic heterocycles. The Hall–Kier alpha value is -3.15. The minimum absolute atomic E-state index is 0.0876. The summed E-state index contributed by atoms with van der Waals surface area (Å²) in [6.07, 6.45) is 4.84. The van der Waals surface area contributed by atoms with Crippen LogP contribution in [0.2, 0.25) is 0 Å². The van der Waals surface area contributed by atoms with E-state index in [0.29, 0.717) is 18.7 Å². The maximum Gasteiger partial charge on any atom is 0.407 e. The number of carbonyl (C=O) groups is 2. The minimum atomic E-state index is -0.557. The molecule has 0 bridgehead atoms. The summed E-state index contributed by atoms with van der Waals surface area (Å²) >= 11 is 0. The largest absolute Gasteiger partial charge is 0.463 e. The second kappa shape index (κ2) is 10.6. The number of nitrogens with zero attached hydrogens (tertiary/aromatic N) is 1. The topological polar surface area (TPSA) is 77.5 Å². The van der Waals surface area contributed by atoms with Crippen molar-refractivity contribution >= 4 is 18.1 Å².